The summed E-state index contributed by atoms with van der Waals surface area (Å²) in [4.78, 5) is 0. The number of rotatable bonds is 4. The van der Waals surface area contributed by atoms with Crippen LogP contribution in [0.5, 0.6) is 0 Å². The van der Waals surface area contributed by atoms with Gasteiger partial charge in [0, 0.05) is 6.54 Å². The Kier molecular flexibility index (Phi) is 5.67. The average Bonchev–Trinajstić information content (AvgIpc) is 2.39. The Hall–Kier alpha value is -0.0800. The third kappa shape index (κ3) is 5.27. The van der Waals surface area contributed by atoms with Crippen molar-refractivity contribution >= 4 is 0 Å². The van der Waals surface area contributed by atoms with Crippen molar-refractivity contribution in [1.82, 2.24) is 5.32 Å². The maximum absolute atomic E-state index is 10.7. The van der Waals surface area contributed by atoms with E-state index in [1.54, 1.807) is 0 Å². The fourth-order valence-electron chi connectivity index (χ4n) is 3.03. The quantitative estimate of drug-likeness (QED) is 0.752. The van der Waals surface area contributed by atoms with Gasteiger partial charge in [0.1, 0.15) is 0 Å². The van der Waals surface area contributed by atoms with Crippen LogP contribution < -0.4 is 5.32 Å². The van der Waals surface area contributed by atoms with E-state index in [4.69, 9.17) is 0 Å². The minimum absolute atomic E-state index is 0.386. The van der Waals surface area contributed by atoms with Crippen LogP contribution in [0.2, 0.25) is 0 Å². The van der Waals surface area contributed by atoms with E-state index in [1.807, 2.05) is 0 Å². The highest BCUT2D eigenvalue weighted by Gasteiger charge is 2.34. The summed E-state index contributed by atoms with van der Waals surface area (Å²) in [6, 6.07) is 0. The highest BCUT2D eigenvalue weighted by Crippen LogP contribution is 2.39. The summed E-state index contributed by atoms with van der Waals surface area (Å²) < 4.78 is 0. The molecule has 0 aromatic carbocycles. The van der Waals surface area contributed by atoms with Crippen molar-refractivity contribution in [3.8, 4) is 0 Å². The van der Waals surface area contributed by atoms with Crippen LogP contribution in [0.15, 0.2) is 0 Å². The van der Waals surface area contributed by atoms with Gasteiger partial charge in [-0.3, -0.25) is 0 Å². The molecule has 0 radical (unpaired) electrons. The topological polar surface area (TPSA) is 32.3 Å². The van der Waals surface area contributed by atoms with E-state index in [0.717, 1.165) is 31.8 Å². The SMILES string of the molecule is CC(C)CNCC1(O)CCCC(C(C)(C)C)CC1. The van der Waals surface area contributed by atoms with Gasteiger partial charge in [-0.15, -0.1) is 0 Å². The predicted octanol–water partition coefficient (Wildman–Crippen LogP) is 3.59. The number of hydrogen-bond donors (Lipinski definition) is 2. The van der Waals surface area contributed by atoms with Crippen molar-refractivity contribution < 1.29 is 5.11 Å². The van der Waals surface area contributed by atoms with Gasteiger partial charge >= 0.3 is 0 Å². The lowest BCUT2D eigenvalue weighted by Gasteiger charge is -2.31. The highest BCUT2D eigenvalue weighted by atomic mass is 16.3. The van der Waals surface area contributed by atoms with Gasteiger partial charge in [-0.05, 0) is 49.5 Å². The third-order valence-electron chi connectivity index (χ3n) is 4.38. The maximum Gasteiger partial charge on any atom is 0.0771 e. The Morgan fingerprint density at radius 2 is 1.89 bits per heavy atom. The van der Waals surface area contributed by atoms with E-state index in [0.29, 0.717) is 11.3 Å². The normalized spacial score (nSPS) is 30.5. The van der Waals surface area contributed by atoms with Crippen molar-refractivity contribution in [2.24, 2.45) is 17.3 Å². The molecule has 18 heavy (non-hydrogen) atoms. The van der Waals surface area contributed by atoms with Crippen LogP contribution in [0.25, 0.3) is 0 Å². The van der Waals surface area contributed by atoms with Crippen molar-refractivity contribution in [3.63, 3.8) is 0 Å². The van der Waals surface area contributed by atoms with Crippen LogP contribution >= 0.6 is 0 Å². The lowest BCUT2D eigenvalue weighted by atomic mass is 9.76. The van der Waals surface area contributed by atoms with Gasteiger partial charge in [0.05, 0.1) is 5.60 Å². The fraction of sp³-hybridized carbons (Fsp3) is 1.00. The summed E-state index contributed by atoms with van der Waals surface area (Å²) in [5.41, 5.74) is -0.0779. The summed E-state index contributed by atoms with van der Waals surface area (Å²) in [6.07, 6.45) is 5.53. The van der Waals surface area contributed by atoms with Gasteiger partial charge in [0.2, 0.25) is 0 Å². The molecule has 1 rings (SSSR count). The number of nitrogens with one attached hydrogen (secondary N) is 1. The molecule has 0 aromatic rings. The monoisotopic (exact) mass is 255 g/mol. The first-order chi connectivity index (χ1) is 8.23. The lowest BCUT2D eigenvalue weighted by molar-refractivity contribution is 0.0222. The van der Waals surface area contributed by atoms with E-state index in [1.165, 1.54) is 19.3 Å². The molecule has 0 saturated heterocycles. The molecule has 108 valence electrons. The molecular formula is C16H33NO. The average molecular weight is 255 g/mol. The van der Waals surface area contributed by atoms with Gasteiger partial charge in [-0.2, -0.15) is 0 Å². The van der Waals surface area contributed by atoms with Crippen LogP contribution in [0, 0.1) is 17.3 Å². The van der Waals surface area contributed by atoms with Crippen molar-refractivity contribution in [2.75, 3.05) is 13.1 Å². The lowest BCUT2D eigenvalue weighted by Crippen LogP contribution is -2.41. The Balaban J connectivity index is 2.44. The molecule has 1 aliphatic rings. The van der Waals surface area contributed by atoms with Crippen LogP contribution in [-0.2, 0) is 0 Å². The predicted molar refractivity (Wildman–Crippen MR) is 78.7 cm³/mol. The molecule has 0 amide bonds. The zero-order chi connectivity index (χ0) is 13.8. The summed E-state index contributed by atoms with van der Waals surface area (Å²) in [7, 11) is 0. The molecule has 2 atom stereocenters. The fourth-order valence-corrected chi connectivity index (χ4v) is 3.03. The molecule has 0 aliphatic heterocycles. The summed E-state index contributed by atoms with van der Waals surface area (Å²) >= 11 is 0. The van der Waals surface area contributed by atoms with Crippen molar-refractivity contribution in [2.45, 2.75) is 72.3 Å². The summed E-state index contributed by atoms with van der Waals surface area (Å²) in [6.45, 7) is 13.2. The Bertz CT molecular complexity index is 244. The van der Waals surface area contributed by atoms with E-state index in [2.05, 4.69) is 39.9 Å². The maximum atomic E-state index is 10.7. The van der Waals surface area contributed by atoms with Crippen molar-refractivity contribution in [1.29, 1.82) is 0 Å². The Morgan fingerprint density at radius 1 is 1.22 bits per heavy atom. The minimum atomic E-state index is -0.463. The molecule has 2 nitrogen and oxygen atoms in total. The summed E-state index contributed by atoms with van der Waals surface area (Å²) in [5, 5.41) is 14.1. The molecular weight excluding hydrogens is 222 g/mol. The van der Waals surface area contributed by atoms with E-state index >= 15 is 0 Å². The molecule has 1 saturated carbocycles. The van der Waals surface area contributed by atoms with E-state index in [9.17, 15) is 5.11 Å². The van der Waals surface area contributed by atoms with Gasteiger partial charge in [0.15, 0.2) is 0 Å². The van der Waals surface area contributed by atoms with E-state index < -0.39 is 5.60 Å². The second-order valence-electron chi connectivity index (χ2n) is 7.74. The molecule has 1 aliphatic carbocycles. The first-order valence-electron chi connectivity index (χ1n) is 7.66. The zero-order valence-electron chi connectivity index (χ0n) is 13.1. The van der Waals surface area contributed by atoms with Gasteiger partial charge in [-0.1, -0.05) is 41.0 Å². The highest BCUT2D eigenvalue weighted by molar-refractivity contribution is 4.88. The second-order valence-corrected chi connectivity index (χ2v) is 7.74. The van der Waals surface area contributed by atoms with E-state index in [-0.39, 0.29) is 0 Å². The van der Waals surface area contributed by atoms with Crippen LogP contribution in [0.1, 0.15) is 66.7 Å². The Morgan fingerprint density at radius 3 is 2.44 bits per heavy atom. The Labute approximate surface area is 114 Å². The first kappa shape index (κ1) is 16.0. The van der Waals surface area contributed by atoms with Gasteiger partial charge < -0.3 is 10.4 Å². The summed E-state index contributed by atoms with van der Waals surface area (Å²) in [5.74, 6) is 1.42. The van der Waals surface area contributed by atoms with Crippen molar-refractivity contribution in [3.05, 3.63) is 0 Å². The third-order valence-corrected chi connectivity index (χ3v) is 4.38. The molecule has 1 fully saturated rings. The largest absolute Gasteiger partial charge is 0.389 e. The molecule has 0 aromatic heterocycles. The molecule has 2 unspecified atom stereocenters. The number of aliphatic hydroxyl groups is 1. The first-order valence-corrected chi connectivity index (χ1v) is 7.66. The minimum Gasteiger partial charge on any atom is -0.389 e. The van der Waals surface area contributed by atoms with Gasteiger partial charge in [0.25, 0.3) is 0 Å². The van der Waals surface area contributed by atoms with Crippen LogP contribution in [-0.4, -0.2) is 23.8 Å². The molecule has 0 spiro atoms. The molecule has 0 bridgehead atoms. The molecule has 2 N–H and O–H groups in total. The molecule has 2 heteroatoms. The van der Waals surface area contributed by atoms with Crippen LogP contribution in [0.4, 0.5) is 0 Å². The standard InChI is InChI=1S/C16H33NO/c1-13(2)11-17-12-16(18)9-6-7-14(8-10-16)15(3,4)5/h13-14,17-18H,6-12H2,1-5H3. The number of hydrogen-bond acceptors (Lipinski definition) is 2. The molecule has 0 heterocycles. The van der Waals surface area contributed by atoms with Crippen LogP contribution in [0.3, 0.4) is 0 Å². The smallest absolute Gasteiger partial charge is 0.0771 e. The zero-order valence-corrected chi connectivity index (χ0v) is 13.1. The second kappa shape index (κ2) is 6.38. The van der Waals surface area contributed by atoms with Gasteiger partial charge in [-0.25, -0.2) is 0 Å².